The number of carbonyl (C=O) groups excluding carboxylic acids is 2. The highest BCUT2D eigenvalue weighted by Crippen LogP contribution is 2.24. The maximum absolute atomic E-state index is 12.1. The molecule has 23 heavy (non-hydrogen) atoms. The van der Waals surface area contributed by atoms with Gasteiger partial charge in [0.25, 0.3) is 0 Å². The molecule has 0 aliphatic heterocycles. The van der Waals surface area contributed by atoms with Crippen molar-refractivity contribution in [1.29, 1.82) is 0 Å². The second kappa shape index (κ2) is 8.39. The maximum atomic E-state index is 12.1. The first-order chi connectivity index (χ1) is 11.1. The number of benzene rings is 2. The normalized spacial score (nSPS) is 10.2. The van der Waals surface area contributed by atoms with E-state index < -0.39 is 0 Å². The lowest BCUT2D eigenvalue weighted by Gasteiger charge is -2.12. The van der Waals surface area contributed by atoms with E-state index in [0.717, 1.165) is 21.9 Å². The maximum Gasteiger partial charge on any atom is 0.225 e. The zero-order chi connectivity index (χ0) is 16.7. The molecule has 0 unspecified atom stereocenters. The van der Waals surface area contributed by atoms with E-state index in [1.165, 1.54) is 6.92 Å². The number of amides is 2. The average molecular weight is 328 g/mol. The molecule has 0 aliphatic rings. The first kappa shape index (κ1) is 17.1. The minimum Gasteiger partial charge on any atom is -0.326 e. The summed E-state index contributed by atoms with van der Waals surface area (Å²) in [7, 11) is 0. The summed E-state index contributed by atoms with van der Waals surface area (Å²) < 4.78 is 0. The van der Waals surface area contributed by atoms with Crippen LogP contribution in [0.15, 0.2) is 53.4 Å². The molecule has 2 N–H and O–H groups in total. The third-order valence-corrected chi connectivity index (χ3v) is 4.27. The molecule has 0 heterocycles. The van der Waals surface area contributed by atoms with E-state index in [1.54, 1.807) is 11.8 Å². The van der Waals surface area contributed by atoms with Gasteiger partial charge in [0, 0.05) is 35.4 Å². The average Bonchev–Trinajstić information content (AvgIpc) is 2.52. The minimum atomic E-state index is -0.129. The first-order valence-electron chi connectivity index (χ1n) is 7.41. The smallest absolute Gasteiger partial charge is 0.225 e. The van der Waals surface area contributed by atoms with Crippen molar-refractivity contribution >= 4 is 35.0 Å². The van der Waals surface area contributed by atoms with Crippen molar-refractivity contribution in [1.82, 2.24) is 0 Å². The van der Waals surface area contributed by atoms with Crippen molar-refractivity contribution < 1.29 is 9.59 Å². The molecule has 0 spiro atoms. The van der Waals surface area contributed by atoms with Crippen LogP contribution in [0.3, 0.4) is 0 Å². The SMILES string of the molecule is CC(=O)Nc1cccc(NC(=O)CCSc2ccccc2)c1C. The van der Waals surface area contributed by atoms with Crippen LogP contribution in [0.25, 0.3) is 0 Å². The molecule has 0 fully saturated rings. The number of thioether (sulfide) groups is 1. The van der Waals surface area contributed by atoms with Gasteiger partial charge in [-0.3, -0.25) is 9.59 Å². The van der Waals surface area contributed by atoms with Crippen LogP contribution in [0.1, 0.15) is 18.9 Å². The lowest BCUT2D eigenvalue weighted by atomic mass is 10.1. The zero-order valence-electron chi connectivity index (χ0n) is 13.3. The monoisotopic (exact) mass is 328 g/mol. The van der Waals surface area contributed by atoms with Crippen LogP contribution in [-0.2, 0) is 9.59 Å². The third kappa shape index (κ3) is 5.45. The number of anilines is 2. The van der Waals surface area contributed by atoms with Gasteiger partial charge in [0.15, 0.2) is 0 Å². The largest absolute Gasteiger partial charge is 0.326 e. The van der Waals surface area contributed by atoms with Gasteiger partial charge in [0.2, 0.25) is 11.8 Å². The van der Waals surface area contributed by atoms with E-state index in [0.29, 0.717) is 12.1 Å². The van der Waals surface area contributed by atoms with E-state index in [9.17, 15) is 9.59 Å². The summed E-state index contributed by atoms with van der Waals surface area (Å²) in [6, 6.07) is 15.5. The van der Waals surface area contributed by atoms with Gasteiger partial charge in [0.05, 0.1) is 0 Å². The Morgan fingerprint density at radius 3 is 2.26 bits per heavy atom. The molecule has 0 aliphatic carbocycles. The van der Waals surface area contributed by atoms with Gasteiger partial charge < -0.3 is 10.6 Å². The standard InChI is InChI=1S/C18H20N2O2S/c1-13-16(19-14(2)21)9-6-10-17(13)20-18(22)11-12-23-15-7-4-3-5-8-15/h3-10H,11-12H2,1-2H3,(H,19,21)(H,20,22). The van der Waals surface area contributed by atoms with Gasteiger partial charge >= 0.3 is 0 Å². The summed E-state index contributed by atoms with van der Waals surface area (Å²) in [6.07, 6.45) is 0.434. The van der Waals surface area contributed by atoms with Crippen molar-refractivity contribution in [2.75, 3.05) is 16.4 Å². The lowest BCUT2D eigenvalue weighted by Crippen LogP contribution is -2.14. The quantitative estimate of drug-likeness (QED) is 0.786. The Morgan fingerprint density at radius 1 is 0.957 bits per heavy atom. The highest BCUT2D eigenvalue weighted by molar-refractivity contribution is 7.99. The number of rotatable bonds is 6. The Hall–Kier alpha value is -2.27. The lowest BCUT2D eigenvalue weighted by molar-refractivity contribution is -0.116. The van der Waals surface area contributed by atoms with Gasteiger partial charge in [-0.1, -0.05) is 24.3 Å². The van der Waals surface area contributed by atoms with Crippen LogP contribution < -0.4 is 10.6 Å². The van der Waals surface area contributed by atoms with E-state index >= 15 is 0 Å². The van der Waals surface area contributed by atoms with Gasteiger partial charge in [-0.25, -0.2) is 0 Å². The van der Waals surface area contributed by atoms with Crippen LogP contribution in [0.4, 0.5) is 11.4 Å². The van der Waals surface area contributed by atoms with Crippen LogP contribution in [0.5, 0.6) is 0 Å². The first-order valence-corrected chi connectivity index (χ1v) is 8.39. The molecule has 0 atom stereocenters. The Kier molecular flexibility index (Phi) is 6.23. The molecule has 0 bridgehead atoms. The van der Waals surface area contributed by atoms with Crippen molar-refractivity contribution in [3.05, 3.63) is 54.1 Å². The molecule has 0 saturated carbocycles. The van der Waals surface area contributed by atoms with Gasteiger partial charge in [-0.15, -0.1) is 11.8 Å². The minimum absolute atomic E-state index is 0.0310. The Morgan fingerprint density at radius 2 is 1.61 bits per heavy atom. The van der Waals surface area contributed by atoms with E-state index in [1.807, 2.05) is 55.5 Å². The predicted molar refractivity (Wildman–Crippen MR) is 95.9 cm³/mol. The fourth-order valence-corrected chi connectivity index (χ4v) is 2.96. The molecule has 2 rings (SSSR count). The summed E-state index contributed by atoms with van der Waals surface area (Å²) in [4.78, 5) is 24.4. The van der Waals surface area contributed by atoms with Crippen LogP contribution in [-0.4, -0.2) is 17.6 Å². The molecular weight excluding hydrogens is 308 g/mol. The van der Waals surface area contributed by atoms with E-state index in [2.05, 4.69) is 10.6 Å². The highest BCUT2D eigenvalue weighted by atomic mass is 32.2. The van der Waals surface area contributed by atoms with Gasteiger partial charge in [-0.05, 0) is 36.8 Å². The van der Waals surface area contributed by atoms with E-state index in [-0.39, 0.29) is 11.8 Å². The Balaban J connectivity index is 1.89. The van der Waals surface area contributed by atoms with Crippen molar-refractivity contribution in [2.24, 2.45) is 0 Å². The van der Waals surface area contributed by atoms with Crippen LogP contribution in [0, 0.1) is 6.92 Å². The molecular formula is C18H20N2O2S. The third-order valence-electron chi connectivity index (χ3n) is 3.26. The fraction of sp³-hybridized carbons (Fsp3) is 0.222. The summed E-state index contributed by atoms with van der Waals surface area (Å²) in [5.74, 6) is 0.563. The molecule has 0 radical (unpaired) electrons. The van der Waals surface area contributed by atoms with Crippen LogP contribution >= 0.6 is 11.8 Å². The number of hydrogen-bond acceptors (Lipinski definition) is 3. The van der Waals surface area contributed by atoms with Crippen molar-refractivity contribution in [3.8, 4) is 0 Å². The predicted octanol–water partition coefficient (Wildman–Crippen LogP) is 4.07. The summed E-state index contributed by atoms with van der Waals surface area (Å²) in [5.41, 5.74) is 2.30. The molecule has 0 aromatic heterocycles. The molecule has 120 valence electrons. The topological polar surface area (TPSA) is 58.2 Å². The molecule has 0 saturated heterocycles. The fourth-order valence-electron chi connectivity index (χ4n) is 2.09. The second-order valence-electron chi connectivity index (χ2n) is 5.12. The molecule has 4 nitrogen and oxygen atoms in total. The summed E-state index contributed by atoms with van der Waals surface area (Å²) in [6.45, 7) is 3.34. The summed E-state index contributed by atoms with van der Waals surface area (Å²) in [5, 5.41) is 5.66. The van der Waals surface area contributed by atoms with E-state index in [4.69, 9.17) is 0 Å². The van der Waals surface area contributed by atoms with Crippen LogP contribution in [0.2, 0.25) is 0 Å². The van der Waals surface area contributed by atoms with Gasteiger partial charge in [0.1, 0.15) is 0 Å². The molecule has 5 heteroatoms. The Labute approximate surface area is 140 Å². The number of carbonyl (C=O) groups is 2. The zero-order valence-corrected chi connectivity index (χ0v) is 14.1. The molecule has 2 aromatic carbocycles. The van der Waals surface area contributed by atoms with Gasteiger partial charge in [-0.2, -0.15) is 0 Å². The number of hydrogen-bond donors (Lipinski definition) is 2. The van der Waals surface area contributed by atoms with Crippen molar-refractivity contribution in [2.45, 2.75) is 25.2 Å². The molecule has 2 aromatic rings. The van der Waals surface area contributed by atoms with Crippen molar-refractivity contribution in [3.63, 3.8) is 0 Å². The molecule has 2 amide bonds. The highest BCUT2D eigenvalue weighted by Gasteiger charge is 2.08. The number of nitrogens with one attached hydrogen (secondary N) is 2. The summed E-state index contributed by atoms with van der Waals surface area (Å²) >= 11 is 1.66. The second-order valence-corrected chi connectivity index (χ2v) is 6.29. The Bertz CT molecular complexity index is 687.